The Balaban J connectivity index is 2.21. The van der Waals surface area contributed by atoms with E-state index in [1.54, 1.807) is 6.20 Å². The lowest BCUT2D eigenvalue weighted by molar-refractivity contribution is -0.131. The summed E-state index contributed by atoms with van der Waals surface area (Å²) in [6, 6.07) is 7.71. The van der Waals surface area contributed by atoms with Gasteiger partial charge in [-0.05, 0) is 61.7 Å². The van der Waals surface area contributed by atoms with Crippen LogP contribution in [0.4, 0.5) is 0 Å². The van der Waals surface area contributed by atoms with Crippen LogP contribution in [-0.2, 0) is 4.79 Å². The highest BCUT2D eigenvalue weighted by molar-refractivity contribution is 5.85. The lowest BCUT2D eigenvalue weighted by atomic mass is 10.1. The molecular weight excluding hydrogens is 266 g/mol. The zero-order valence-electron chi connectivity index (χ0n) is 12.3. The van der Waals surface area contributed by atoms with Crippen molar-refractivity contribution >= 4 is 12.0 Å². The molecule has 2 rings (SSSR count). The summed E-state index contributed by atoms with van der Waals surface area (Å²) in [4.78, 5) is 14.7. The minimum absolute atomic E-state index is 0.519. The molecule has 0 unspecified atom stereocenters. The zero-order valence-corrected chi connectivity index (χ0v) is 12.3. The van der Waals surface area contributed by atoms with Crippen molar-refractivity contribution in [2.45, 2.75) is 20.8 Å². The number of benzene rings is 1. The Morgan fingerprint density at radius 2 is 1.90 bits per heavy atom. The average Bonchev–Trinajstić information content (AvgIpc) is 2.43. The molecule has 1 heterocycles. The first-order valence-corrected chi connectivity index (χ1v) is 6.58. The van der Waals surface area contributed by atoms with Crippen LogP contribution in [0, 0.1) is 20.8 Å². The predicted molar refractivity (Wildman–Crippen MR) is 81.6 cm³/mol. The minimum Gasteiger partial charge on any atom is -0.478 e. The second-order valence-electron chi connectivity index (χ2n) is 4.91. The highest BCUT2D eigenvalue weighted by atomic mass is 16.5. The van der Waals surface area contributed by atoms with Gasteiger partial charge in [0.05, 0.1) is 0 Å². The first-order valence-electron chi connectivity index (χ1n) is 6.58. The van der Waals surface area contributed by atoms with Crippen LogP contribution in [0.5, 0.6) is 11.6 Å². The highest BCUT2D eigenvalue weighted by Gasteiger charge is 2.05. The number of pyridine rings is 1. The number of carboxylic acid groups (broad SMARTS) is 1. The zero-order chi connectivity index (χ0) is 15.4. The molecule has 1 aromatic carbocycles. The smallest absolute Gasteiger partial charge is 0.328 e. The van der Waals surface area contributed by atoms with E-state index in [9.17, 15) is 4.79 Å². The molecule has 21 heavy (non-hydrogen) atoms. The predicted octanol–water partition coefficient (Wildman–Crippen LogP) is 3.90. The number of hydrogen-bond donors (Lipinski definition) is 1. The SMILES string of the molecule is Cc1ccc(Oc2ncc(/C=C/C(=O)O)cc2C)cc1C. The van der Waals surface area contributed by atoms with Crippen molar-refractivity contribution in [3.05, 3.63) is 58.8 Å². The molecule has 0 aliphatic heterocycles. The fraction of sp³-hybridized carbons (Fsp3) is 0.176. The normalized spacial score (nSPS) is 10.8. The minimum atomic E-state index is -0.983. The third-order valence-electron chi connectivity index (χ3n) is 3.16. The molecule has 0 saturated carbocycles. The van der Waals surface area contributed by atoms with Gasteiger partial charge < -0.3 is 9.84 Å². The maximum atomic E-state index is 10.5. The molecule has 4 heteroatoms. The van der Waals surface area contributed by atoms with E-state index < -0.39 is 5.97 Å². The first-order chi connectivity index (χ1) is 9.95. The summed E-state index contributed by atoms with van der Waals surface area (Å²) >= 11 is 0. The summed E-state index contributed by atoms with van der Waals surface area (Å²) in [5.41, 5.74) is 3.94. The van der Waals surface area contributed by atoms with E-state index >= 15 is 0 Å². The third kappa shape index (κ3) is 3.92. The van der Waals surface area contributed by atoms with Crippen molar-refractivity contribution in [1.82, 2.24) is 4.98 Å². The van der Waals surface area contributed by atoms with Crippen molar-refractivity contribution in [1.29, 1.82) is 0 Å². The van der Waals surface area contributed by atoms with Crippen LogP contribution in [0.3, 0.4) is 0 Å². The largest absolute Gasteiger partial charge is 0.478 e. The summed E-state index contributed by atoms with van der Waals surface area (Å²) < 4.78 is 5.77. The van der Waals surface area contributed by atoms with Crippen LogP contribution >= 0.6 is 0 Å². The molecule has 1 aromatic heterocycles. The second kappa shape index (κ2) is 6.22. The topological polar surface area (TPSA) is 59.4 Å². The lowest BCUT2D eigenvalue weighted by Crippen LogP contribution is -1.93. The summed E-state index contributed by atoms with van der Waals surface area (Å²) in [5.74, 6) is 0.274. The molecule has 2 aromatic rings. The number of rotatable bonds is 4. The molecule has 4 nitrogen and oxygen atoms in total. The van der Waals surface area contributed by atoms with E-state index in [0.717, 1.165) is 28.5 Å². The van der Waals surface area contributed by atoms with Gasteiger partial charge in [0.1, 0.15) is 5.75 Å². The van der Waals surface area contributed by atoms with E-state index in [2.05, 4.69) is 4.98 Å². The summed E-state index contributed by atoms with van der Waals surface area (Å²) in [5, 5.41) is 8.61. The fourth-order valence-electron chi connectivity index (χ4n) is 1.84. The molecular formula is C17H17NO3. The van der Waals surface area contributed by atoms with Crippen LogP contribution in [0.2, 0.25) is 0 Å². The maximum Gasteiger partial charge on any atom is 0.328 e. The van der Waals surface area contributed by atoms with Gasteiger partial charge in [-0.3, -0.25) is 0 Å². The molecule has 0 radical (unpaired) electrons. The third-order valence-corrected chi connectivity index (χ3v) is 3.16. The van der Waals surface area contributed by atoms with Gasteiger partial charge in [0, 0.05) is 17.8 Å². The number of hydrogen-bond acceptors (Lipinski definition) is 3. The number of nitrogens with zero attached hydrogens (tertiary/aromatic N) is 1. The number of aromatic nitrogens is 1. The standard InChI is InChI=1S/C17H17NO3/c1-11-4-6-15(9-12(11)2)21-17-13(3)8-14(10-18-17)5-7-16(19)20/h4-10H,1-3H3,(H,19,20)/b7-5+. The molecule has 0 aliphatic rings. The molecule has 1 N–H and O–H groups in total. The molecule has 0 fully saturated rings. The van der Waals surface area contributed by atoms with Gasteiger partial charge in [0.25, 0.3) is 0 Å². The van der Waals surface area contributed by atoms with Crippen LogP contribution < -0.4 is 4.74 Å². The Morgan fingerprint density at radius 3 is 2.52 bits per heavy atom. The molecule has 108 valence electrons. The monoisotopic (exact) mass is 283 g/mol. The number of carbonyl (C=O) groups is 1. The van der Waals surface area contributed by atoms with Crippen LogP contribution in [0.25, 0.3) is 6.08 Å². The summed E-state index contributed by atoms with van der Waals surface area (Å²) in [7, 11) is 0. The van der Waals surface area contributed by atoms with Gasteiger partial charge >= 0.3 is 5.97 Å². The molecule has 0 aliphatic carbocycles. The van der Waals surface area contributed by atoms with E-state index in [4.69, 9.17) is 9.84 Å². The van der Waals surface area contributed by atoms with E-state index in [1.807, 2.05) is 45.0 Å². The summed E-state index contributed by atoms with van der Waals surface area (Å²) in [6.07, 6.45) is 4.17. The summed E-state index contributed by atoms with van der Waals surface area (Å²) in [6.45, 7) is 5.95. The van der Waals surface area contributed by atoms with Crippen LogP contribution in [-0.4, -0.2) is 16.1 Å². The Morgan fingerprint density at radius 1 is 1.14 bits per heavy atom. The van der Waals surface area contributed by atoms with Crippen molar-refractivity contribution in [2.75, 3.05) is 0 Å². The van der Waals surface area contributed by atoms with Gasteiger partial charge in [-0.1, -0.05) is 6.07 Å². The molecule has 0 atom stereocenters. The van der Waals surface area contributed by atoms with E-state index in [1.165, 1.54) is 11.6 Å². The highest BCUT2D eigenvalue weighted by Crippen LogP contribution is 2.25. The van der Waals surface area contributed by atoms with Gasteiger partial charge in [0.2, 0.25) is 5.88 Å². The van der Waals surface area contributed by atoms with Crippen molar-refractivity contribution < 1.29 is 14.6 Å². The average molecular weight is 283 g/mol. The fourth-order valence-corrected chi connectivity index (χ4v) is 1.84. The number of aryl methyl sites for hydroxylation is 3. The molecule has 0 amide bonds. The Labute approximate surface area is 123 Å². The van der Waals surface area contributed by atoms with Gasteiger partial charge in [-0.15, -0.1) is 0 Å². The Bertz CT molecular complexity index is 705. The number of carboxylic acids is 1. The number of ether oxygens (including phenoxy) is 1. The Kier molecular flexibility index (Phi) is 4.38. The van der Waals surface area contributed by atoms with Gasteiger partial charge in [-0.2, -0.15) is 0 Å². The first kappa shape index (κ1) is 14.8. The lowest BCUT2D eigenvalue weighted by Gasteiger charge is -2.09. The van der Waals surface area contributed by atoms with Crippen molar-refractivity contribution in [3.63, 3.8) is 0 Å². The van der Waals surface area contributed by atoms with Crippen LogP contribution in [0.15, 0.2) is 36.5 Å². The number of aliphatic carboxylic acids is 1. The van der Waals surface area contributed by atoms with Gasteiger partial charge in [0.15, 0.2) is 0 Å². The second-order valence-corrected chi connectivity index (χ2v) is 4.91. The van der Waals surface area contributed by atoms with Gasteiger partial charge in [-0.25, -0.2) is 9.78 Å². The van der Waals surface area contributed by atoms with Crippen molar-refractivity contribution in [2.24, 2.45) is 0 Å². The molecule has 0 saturated heterocycles. The maximum absolute atomic E-state index is 10.5. The molecule has 0 bridgehead atoms. The quantitative estimate of drug-likeness (QED) is 0.865. The Hall–Kier alpha value is -2.62. The van der Waals surface area contributed by atoms with Crippen LogP contribution in [0.1, 0.15) is 22.3 Å². The van der Waals surface area contributed by atoms with Crippen molar-refractivity contribution in [3.8, 4) is 11.6 Å². The van der Waals surface area contributed by atoms with E-state index in [-0.39, 0.29) is 0 Å². The van der Waals surface area contributed by atoms with E-state index in [0.29, 0.717) is 5.88 Å². The molecule has 0 spiro atoms.